The van der Waals surface area contributed by atoms with Crippen molar-refractivity contribution in [3.05, 3.63) is 35.6 Å². The van der Waals surface area contributed by atoms with Crippen LogP contribution in [0.1, 0.15) is 20.8 Å². The van der Waals surface area contributed by atoms with E-state index in [1.165, 1.54) is 0 Å². The zero-order chi connectivity index (χ0) is 11.8. The predicted octanol–water partition coefficient (Wildman–Crippen LogP) is 3.35. The summed E-state index contributed by atoms with van der Waals surface area (Å²) in [5, 5.41) is 8.49. The molecule has 0 aliphatic heterocycles. The number of hydrogen-bond donors (Lipinski definition) is 0. The first kappa shape index (κ1) is 11.1. The van der Waals surface area contributed by atoms with Gasteiger partial charge in [0.15, 0.2) is 5.82 Å². The van der Waals surface area contributed by atoms with Crippen LogP contribution in [0.2, 0.25) is 5.28 Å². The number of hydrogen-bond acceptors (Lipinski definition) is 2. The molecule has 4 heteroatoms. The molecule has 0 bridgehead atoms. The molecule has 0 spiro atoms. The summed E-state index contributed by atoms with van der Waals surface area (Å²) in [7, 11) is 0. The monoisotopic (exact) mass is 235 g/mol. The third-order valence-electron chi connectivity index (χ3n) is 2.33. The van der Waals surface area contributed by atoms with E-state index in [9.17, 15) is 0 Å². The number of nitrogens with zero attached hydrogens (tertiary/aromatic N) is 3. The van der Waals surface area contributed by atoms with Gasteiger partial charge < -0.3 is 0 Å². The Balaban J connectivity index is 2.60. The summed E-state index contributed by atoms with van der Waals surface area (Å²) >= 11 is 6.07. The van der Waals surface area contributed by atoms with Crippen LogP contribution in [0.15, 0.2) is 30.3 Å². The second-order valence-corrected chi connectivity index (χ2v) is 5.00. The summed E-state index contributed by atoms with van der Waals surface area (Å²) in [4.78, 5) is 0. The zero-order valence-corrected chi connectivity index (χ0v) is 10.4. The Morgan fingerprint density at radius 2 is 1.69 bits per heavy atom. The van der Waals surface area contributed by atoms with Gasteiger partial charge in [-0.15, -0.1) is 10.2 Å². The third-order valence-corrected chi connectivity index (χ3v) is 2.57. The molecule has 0 unspecified atom stereocenters. The second kappa shape index (κ2) is 3.91. The molecule has 0 atom stereocenters. The maximum absolute atomic E-state index is 6.07. The van der Waals surface area contributed by atoms with Gasteiger partial charge in [0.1, 0.15) is 0 Å². The lowest BCUT2D eigenvalue weighted by Crippen LogP contribution is -2.22. The second-order valence-electron chi connectivity index (χ2n) is 4.66. The van der Waals surface area contributed by atoms with Crippen LogP contribution in [0.4, 0.5) is 0 Å². The van der Waals surface area contributed by atoms with Gasteiger partial charge in [-0.3, -0.25) is 4.57 Å². The lowest BCUT2D eigenvalue weighted by molar-refractivity contribution is 0.400. The number of halogens is 1. The van der Waals surface area contributed by atoms with Crippen LogP contribution in [0.5, 0.6) is 0 Å². The summed E-state index contributed by atoms with van der Waals surface area (Å²) in [6, 6.07) is 9.93. The van der Waals surface area contributed by atoms with E-state index >= 15 is 0 Å². The molecule has 1 heterocycles. The number of rotatable bonds is 1. The molecule has 0 radical (unpaired) electrons. The Morgan fingerprint density at radius 1 is 1.06 bits per heavy atom. The van der Waals surface area contributed by atoms with Gasteiger partial charge in [0.05, 0.1) is 0 Å². The van der Waals surface area contributed by atoms with E-state index < -0.39 is 0 Å². The molecule has 16 heavy (non-hydrogen) atoms. The van der Waals surface area contributed by atoms with Crippen molar-refractivity contribution < 1.29 is 0 Å². The quantitative estimate of drug-likeness (QED) is 0.759. The van der Waals surface area contributed by atoms with E-state index in [1.54, 1.807) is 0 Å². The Kier molecular flexibility index (Phi) is 2.72. The molecule has 84 valence electrons. The average Bonchev–Trinajstić information content (AvgIpc) is 2.61. The van der Waals surface area contributed by atoms with E-state index in [0.717, 1.165) is 11.4 Å². The summed E-state index contributed by atoms with van der Waals surface area (Å²) in [6.45, 7) is 6.23. The highest BCUT2D eigenvalue weighted by molar-refractivity contribution is 6.28. The predicted molar refractivity (Wildman–Crippen MR) is 65.5 cm³/mol. The van der Waals surface area contributed by atoms with Gasteiger partial charge in [-0.05, 0) is 32.4 Å². The highest BCUT2D eigenvalue weighted by Crippen LogP contribution is 2.27. The number of benzene rings is 1. The van der Waals surface area contributed by atoms with Crippen LogP contribution in [-0.4, -0.2) is 14.8 Å². The number of aromatic nitrogens is 3. The molecule has 0 amide bonds. The molecule has 0 saturated carbocycles. The van der Waals surface area contributed by atoms with Gasteiger partial charge in [0.2, 0.25) is 5.28 Å². The summed E-state index contributed by atoms with van der Waals surface area (Å²) in [6.07, 6.45) is 0. The van der Waals surface area contributed by atoms with Crippen LogP contribution in [0, 0.1) is 0 Å². The molecule has 2 aromatic rings. The molecule has 0 aliphatic rings. The maximum atomic E-state index is 6.07. The van der Waals surface area contributed by atoms with Crippen molar-refractivity contribution in [2.24, 2.45) is 0 Å². The SMILES string of the molecule is CC(C)(C)n1c(Cl)nnc1-c1ccccc1. The van der Waals surface area contributed by atoms with Crippen molar-refractivity contribution in [2.45, 2.75) is 26.3 Å². The molecule has 1 aromatic carbocycles. The lowest BCUT2D eigenvalue weighted by Gasteiger charge is -2.23. The maximum Gasteiger partial charge on any atom is 0.225 e. The first-order valence-electron chi connectivity index (χ1n) is 5.17. The smallest absolute Gasteiger partial charge is 0.225 e. The van der Waals surface area contributed by atoms with E-state index in [0.29, 0.717) is 5.28 Å². The molecule has 3 nitrogen and oxygen atoms in total. The van der Waals surface area contributed by atoms with E-state index in [1.807, 2.05) is 34.9 Å². The van der Waals surface area contributed by atoms with Crippen LogP contribution in [-0.2, 0) is 5.54 Å². The molecule has 0 fully saturated rings. The van der Waals surface area contributed by atoms with Gasteiger partial charge in [-0.25, -0.2) is 0 Å². The van der Waals surface area contributed by atoms with Crippen molar-refractivity contribution in [3.63, 3.8) is 0 Å². The third kappa shape index (κ3) is 1.95. The Morgan fingerprint density at radius 3 is 2.25 bits per heavy atom. The highest BCUT2D eigenvalue weighted by Gasteiger charge is 2.22. The topological polar surface area (TPSA) is 30.7 Å². The fourth-order valence-corrected chi connectivity index (χ4v) is 2.01. The molecule has 1 aromatic heterocycles. The Bertz CT molecular complexity index is 483. The normalized spacial score (nSPS) is 11.8. The first-order chi connectivity index (χ1) is 7.50. The summed E-state index contributed by atoms with van der Waals surface area (Å²) < 4.78 is 1.93. The standard InChI is InChI=1S/C12H14ClN3/c1-12(2,3)16-10(14-15-11(16)13)9-7-5-4-6-8-9/h4-8H,1-3H3. The van der Waals surface area contributed by atoms with Crippen LogP contribution in [0.25, 0.3) is 11.4 Å². The minimum Gasteiger partial charge on any atom is -0.292 e. The summed E-state index contributed by atoms with van der Waals surface area (Å²) in [5.74, 6) is 0.804. The van der Waals surface area contributed by atoms with Crippen molar-refractivity contribution in [2.75, 3.05) is 0 Å². The van der Waals surface area contributed by atoms with Crippen molar-refractivity contribution in [1.29, 1.82) is 0 Å². The lowest BCUT2D eigenvalue weighted by atomic mass is 10.1. The fraction of sp³-hybridized carbons (Fsp3) is 0.333. The minimum absolute atomic E-state index is 0.133. The molecule has 0 saturated heterocycles. The van der Waals surface area contributed by atoms with Gasteiger partial charge in [-0.1, -0.05) is 30.3 Å². The van der Waals surface area contributed by atoms with E-state index in [4.69, 9.17) is 11.6 Å². The summed E-state index contributed by atoms with van der Waals surface area (Å²) in [5.41, 5.74) is 0.892. The molecule has 0 aliphatic carbocycles. The van der Waals surface area contributed by atoms with Gasteiger partial charge in [0.25, 0.3) is 0 Å². The van der Waals surface area contributed by atoms with Crippen molar-refractivity contribution in [3.8, 4) is 11.4 Å². The van der Waals surface area contributed by atoms with Gasteiger partial charge in [0, 0.05) is 11.1 Å². The van der Waals surface area contributed by atoms with Crippen LogP contribution < -0.4 is 0 Å². The van der Waals surface area contributed by atoms with Crippen LogP contribution >= 0.6 is 11.6 Å². The largest absolute Gasteiger partial charge is 0.292 e. The highest BCUT2D eigenvalue weighted by atomic mass is 35.5. The minimum atomic E-state index is -0.133. The van der Waals surface area contributed by atoms with Gasteiger partial charge in [-0.2, -0.15) is 0 Å². The van der Waals surface area contributed by atoms with Crippen molar-refractivity contribution >= 4 is 11.6 Å². The average molecular weight is 236 g/mol. The molecule has 0 N–H and O–H groups in total. The molecule has 2 rings (SSSR count). The van der Waals surface area contributed by atoms with E-state index in [-0.39, 0.29) is 5.54 Å². The Labute approximate surface area is 100 Å². The fourth-order valence-electron chi connectivity index (χ4n) is 1.63. The van der Waals surface area contributed by atoms with Gasteiger partial charge >= 0.3 is 0 Å². The zero-order valence-electron chi connectivity index (χ0n) is 9.61. The van der Waals surface area contributed by atoms with Crippen molar-refractivity contribution in [1.82, 2.24) is 14.8 Å². The molecular formula is C12H14ClN3. The van der Waals surface area contributed by atoms with Crippen LogP contribution in [0.3, 0.4) is 0 Å². The van der Waals surface area contributed by atoms with E-state index in [2.05, 4.69) is 31.0 Å². The molecular weight excluding hydrogens is 222 g/mol. The first-order valence-corrected chi connectivity index (χ1v) is 5.55. The Hall–Kier alpha value is -1.35.